The first-order valence-electron chi connectivity index (χ1n) is 5.17. The minimum absolute atomic E-state index is 0.0343. The van der Waals surface area contributed by atoms with E-state index in [1.54, 1.807) is 0 Å². The molecule has 0 amide bonds. The van der Waals surface area contributed by atoms with E-state index in [9.17, 15) is 8.42 Å². The summed E-state index contributed by atoms with van der Waals surface area (Å²) in [6.07, 6.45) is 6.14. The predicted molar refractivity (Wildman–Crippen MR) is 58.2 cm³/mol. The second-order valence-electron chi connectivity index (χ2n) is 3.69. The Balaban J connectivity index is 1.98. The third kappa shape index (κ3) is 2.75. The maximum absolute atomic E-state index is 11.7. The van der Waals surface area contributed by atoms with Gasteiger partial charge in [0, 0.05) is 25.0 Å². The van der Waals surface area contributed by atoms with Crippen LogP contribution in [0, 0.1) is 0 Å². The van der Waals surface area contributed by atoms with E-state index < -0.39 is 10.0 Å². The Morgan fingerprint density at radius 2 is 2.38 bits per heavy atom. The summed E-state index contributed by atoms with van der Waals surface area (Å²) in [7, 11) is -3.51. The lowest BCUT2D eigenvalue weighted by Gasteiger charge is -2.11. The number of nitrogens with zero attached hydrogens (tertiary/aromatic N) is 2. The molecule has 2 N–H and O–H groups in total. The lowest BCUT2D eigenvalue weighted by molar-refractivity contribution is 0.548. The Bertz CT molecular complexity index is 428. The Kier molecular flexibility index (Phi) is 3.47. The van der Waals surface area contributed by atoms with E-state index in [4.69, 9.17) is 0 Å². The lowest BCUT2D eigenvalue weighted by atomic mass is 10.2. The van der Waals surface area contributed by atoms with Gasteiger partial charge < -0.3 is 5.32 Å². The van der Waals surface area contributed by atoms with Crippen molar-refractivity contribution in [2.24, 2.45) is 0 Å². The van der Waals surface area contributed by atoms with Gasteiger partial charge in [0.2, 0.25) is 0 Å². The van der Waals surface area contributed by atoms with Crippen molar-refractivity contribution in [2.75, 3.05) is 13.1 Å². The third-order valence-corrected chi connectivity index (χ3v) is 3.81. The van der Waals surface area contributed by atoms with E-state index in [1.807, 2.05) is 0 Å². The molecule has 1 unspecified atom stereocenters. The van der Waals surface area contributed by atoms with Crippen LogP contribution in [0.15, 0.2) is 23.6 Å². The predicted octanol–water partition coefficient (Wildman–Crippen LogP) is -0.493. The molecule has 1 aromatic heterocycles. The second kappa shape index (κ2) is 4.86. The quantitative estimate of drug-likeness (QED) is 0.744. The van der Waals surface area contributed by atoms with Gasteiger partial charge in [-0.05, 0) is 19.4 Å². The van der Waals surface area contributed by atoms with Crippen LogP contribution in [0.2, 0.25) is 0 Å². The van der Waals surface area contributed by atoms with Crippen LogP contribution in [0.3, 0.4) is 0 Å². The Morgan fingerprint density at radius 1 is 1.50 bits per heavy atom. The molecule has 7 heteroatoms. The van der Waals surface area contributed by atoms with E-state index in [1.165, 1.54) is 18.6 Å². The van der Waals surface area contributed by atoms with Gasteiger partial charge in [-0.25, -0.2) is 18.1 Å². The van der Waals surface area contributed by atoms with Crippen LogP contribution in [0.5, 0.6) is 0 Å². The van der Waals surface area contributed by atoms with Gasteiger partial charge in [0.15, 0.2) is 5.03 Å². The number of rotatable bonds is 4. The molecule has 0 saturated carbocycles. The van der Waals surface area contributed by atoms with Crippen molar-refractivity contribution in [1.29, 1.82) is 0 Å². The van der Waals surface area contributed by atoms with Crippen molar-refractivity contribution >= 4 is 10.0 Å². The molecule has 1 aliphatic rings. The monoisotopic (exact) mass is 242 g/mol. The average molecular weight is 242 g/mol. The first kappa shape index (κ1) is 11.4. The third-order valence-electron chi connectivity index (χ3n) is 2.50. The van der Waals surface area contributed by atoms with E-state index >= 15 is 0 Å². The Hall–Kier alpha value is -1.05. The molecular weight excluding hydrogens is 228 g/mol. The molecule has 0 aliphatic carbocycles. The maximum atomic E-state index is 11.7. The molecule has 1 aromatic rings. The van der Waals surface area contributed by atoms with Gasteiger partial charge in [-0.2, -0.15) is 0 Å². The van der Waals surface area contributed by atoms with Crippen LogP contribution in [0.1, 0.15) is 12.8 Å². The first-order valence-corrected chi connectivity index (χ1v) is 6.66. The molecule has 2 heterocycles. The van der Waals surface area contributed by atoms with E-state index in [0.717, 1.165) is 19.4 Å². The van der Waals surface area contributed by atoms with Gasteiger partial charge in [-0.1, -0.05) is 0 Å². The summed E-state index contributed by atoms with van der Waals surface area (Å²) < 4.78 is 26.0. The fraction of sp³-hybridized carbons (Fsp3) is 0.556. The van der Waals surface area contributed by atoms with Crippen molar-refractivity contribution in [3.8, 4) is 0 Å². The second-order valence-corrected chi connectivity index (χ2v) is 5.40. The highest BCUT2D eigenvalue weighted by Gasteiger charge is 2.19. The van der Waals surface area contributed by atoms with Gasteiger partial charge >= 0.3 is 0 Å². The molecule has 16 heavy (non-hydrogen) atoms. The van der Waals surface area contributed by atoms with Crippen LogP contribution in [-0.4, -0.2) is 37.5 Å². The highest BCUT2D eigenvalue weighted by Crippen LogP contribution is 2.06. The van der Waals surface area contributed by atoms with Crippen molar-refractivity contribution < 1.29 is 8.42 Å². The molecular formula is C9H14N4O2S. The fourth-order valence-corrected chi connectivity index (χ4v) is 2.61. The molecule has 88 valence electrons. The average Bonchev–Trinajstić information content (AvgIpc) is 2.81. The number of hydrogen-bond donors (Lipinski definition) is 2. The molecule has 0 aromatic carbocycles. The van der Waals surface area contributed by atoms with Gasteiger partial charge in [0.1, 0.15) is 0 Å². The molecule has 0 spiro atoms. The minimum Gasteiger partial charge on any atom is -0.313 e. The molecule has 1 fully saturated rings. The van der Waals surface area contributed by atoms with Crippen molar-refractivity contribution in [2.45, 2.75) is 23.9 Å². The smallest absolute Gasteiger partial charge is 0.259 e. The van der Waals surface area contributed by atoms with Crippen LogP contribution >= 0.6 is 0 Å². The topological polar surface area (TPSA) is 84.0 Å². The molecule has 1 saturated heterocycles. The molecule has 0 bridgehead atoms. The number of sulfonamides is 1. The highest BCUT2D eigenvalue weighted by atomic mass is 32.2. The Morgan fingerprint density at radius 3 is 3.00 bits per heavy atom. The summed E-state index contributed by atoms with van der Waals surface area (Å²) in [5, 5.41) is 3.18. The zero-order valence-electron chi connectivity index (χ0n) is 8.76. The van der Waals surface area contributed by atoms with E-state index in [-0.39, 0.29) is 11.1 Å². The summed E-state index contributed by atoms with van der Waals surface area (Å²) in [5.41, 5.74) is 0. The molecule has 1 atom stereocenters. The van der Waals surface area contributed by atoms with Crippen molar-refractivity contribution in [3.05, 3.63) is 18.6 Å². The molecule has 0 radical (unpaired) electrons. The normalized spacial score (nSPS) is 21.1. The zero-order chi connectivity index (χ0) is 11.4. The van der Waals surface area contributed by atoms with Gasteiger partial charge in [-0.3, -0.25) is 4.98 Å². The van der Waals surface area contributed by atoms with E-state index in [2.05, 4.69) is 20.0 Å². The summed E-state index contributed by atoms with van der Waals surface area (Å²) in [6, 6.07) is 0.228. The zero-order valence-corrected chi connectivity index (χ0v) is 9.57. The standard InChI is InChI=1S/C9H14N4O2S/c14-16(15,9-7-10-4-5-12-9)13-6-8-2-1-3-11-8/h4-5,7-8,11,13H,1-3,6H2. The largest absolute Gasteiger partial charge is 0.313 e. The lowest BCUT2D eigenvalue weighted by Crippen LogP contribution is -2.37. The van der Waals surface area contributed by atoms with Crippen LogP contribution in [0.4, 0.5) is 0 Å². The highest BCUT2D eigenvalue weighted by molar-refractivity contribution is 7.89. The number of nitrogens with one attached hydrogen (secondary N) is 2. The summed E-state index contributed by atoms with van der Waals surface area (Å²) in [4.78, 5) is 7.50. The SMILES string of the molecule is O=S(=O)(NCC1CCCN1)c1cnccn1. The van der Waals surface area contributed by atoms with Gasteiger partial charge in [0.05, 0.1) is 6.20 Å². The van der Waals surface area contributed by atoms with Crippen LogP contribution in [0.25, 0.3) is 0 Å². The van der Waals surface area contributed by atoms with Crippen molar-refractivity contribution in [3.63, 3.8) is 0 Å². The summed E-state index contributed by atoms with van der Waals surface area (Å²) in [6.45, 7) is 1.36. The number of aromatic nitrogens is 2. The molecule has 1 aliphatic heterocycles. The van der Waals surface area contributed by atoms with Gasteiger partial charge in [0.25, 0.3) is 10.0 Å². The summed E-state index contributed by atoms with van der Waals surface area (Å²) in [5.74, 6) is 0. The van der Waals surface area contributed by atoms with Gasteiger partial charge in [-0.15, -0.1) is 0 Å². The first-order chi connectivity index (χ1) is 7.68. The van der Waals surface area contributed by atoms with Crippen molar-refractivity contribution in [1.82, 2.24) is 20.0 Å². The maximum Gasteiger partial charge on any atom is 0.259 e. The molecule has 6 nitrogen and oxygen atoms in total. The van der Waals surface area contributed by atoms with Crippen LogP contribution < -0.4 is 10.0 Å². The Labute approximate surface area is 94.6 Å². The fourth-order valence-electron chi connectivity index (χ4n) is 1.64. The van der Waals surface area contributed by atoms with Crippen LogP contribution in [-0.2, 0) is 10.0 Å². The number of hydrogen-bond acceptors (Lipinski definition) is 5. The minimum atomic E-state index is -3.51. The summed E-state index contributed by atoms with van der Waals surface area (Å²) >= 11 is 0. The molecule has 2 rings (SSSR count). The van der Waals surface area contributed by atoms with E-state index in [0.29, 0.717) is 6.54 Å².